The Labute approximate surface area is 174 Å². The number of benzene rings is 2. The van der Waals surface area contributed by atoms with Crippen LogP contribution in [0.5, 0.6) is 5.75 Å². The summed E-state index contributed by atoms with van der Waals surface area (Å²) in [5.41, 5.74) is 2.16. The summed E-state index contributed by atoms with van der Waals surface area (Å²) in [5, 5.41) is 18.0. The molecule has 0 radical (unpaired) electrons. The molecule has 8 heteroatoms. The van der Waals surface area contributed by atoms with Gasteiger partial charge in [-0.15, -0.1) is 0 Å². The minimum atomic E-state index is -0.489. The summed E-state index contributed by atoms with van der Waals surface area (Å²) in [5.74, 6) is 0.522. The topological polar surface area (TPSA) is 106 Å². The van der Waals surface area contributed by atoms with Crippen molar-refractivity contribution in [1.29, 1.82) is 0 Å². The fourth-order valence-electron chi connectivity index (χ4n) is 3.18. The van der Waals surface area contributed by atoms with E-state index in [4.69, 9.17) is 4.74 Å². The SMILES string of the molecule is COc1cc(NC(C)CCCNC(=O)c2ccc([N+](=O)[O-])cc2)c2ncccc2c1. The van der Waals surface area contributed by atoms with E-state index in [-0.39, 0.29) is 17.6 Å². The number of non-ortho nitro benzene ring substituents is 1. The maximum absolute atomic E-state index is 12.2. The van der Waals surface area contributed by atoms with Gasteiger partial charge >= 0.3 is 0 Å². The summed E-state index contributed by atoms with van der Waals surface area (Å²) in [4.78, 5) is 26.8. The van der Waals surface area contributed by atoms with Gasteiger partial charge in [-0.2, -0.15) is 0 Å². The fraction of sp³-hybridized carbons (Fsp3) is 0.273. The van der Waals surface area contributed by atoms with Crippen molar-refractivity contribution in [3.8, 4) is 5.75 Å². The van der Waals surface area contributed by atoms with E-state index in [1.165, 1.54) is 24.3 Å². The Balaban J connectivity index is 1.50. The van der Waals surface area contributed by atoms with Gasteiger partial charge in [-0.05, 0) is 44.0 Å². The van der Waals surface area contributed by atoms with Crippen LogP contribution in [0.1, 0.15) is 30.1 Å². The molecule has 30 heavy (non-hydrogen) atoms. The molecule has 0 spiro atoms. The lowest BCUT2D eigenvalue weighted by molar-refractivity contribution is -0.384. The molecule has 0 bridgehead atoms. The van der Waals surface area contributed by atoms with E-state index in [1.807, 2.05) is 24.3 Å². The Kier molecular flexibility index (Phi) is 6.79. The van der Waals surface area contributed by atoms with Gasteiger partial charge in [0.25, 0.3) is 11.6 Å². The maximum Gasteiger partial charge on any atom is 0.269 e. The molecule has 2 aromatic carbocycles. The van der Waals surface area contributed by atoms with Crippen LogP contribution in [0, 0.1) is 10.1 Å². The number of anilines is 1. The normalized spacial score (nSPS) is 11.7. The van der Waals surface area contributed by atoms with Crippen LogP contribution in [0.2, 0.25) is 0 Å². The minimum Gasteiger partial charge on any atom is -0.497 e. The van der Waals surface area contributed by atoms with Gasteiger partial charge < -0.3 is 15.4 Å². The molecular formula is C22H24N4O4. The largest absolute Gasteiger partial charge is 0.497 e. The van der Waals surface area contributed by atoms with Crippen molar-refractivity contribution in [2.45, 2.75) is 25.8 Å². The first-order valence-corrected chi connectivity index (χ1v) is 9.70. The number of nitro groups is 1. The van der Waals surface area contributed by atoms with E-state index in [0.717, 1.165) is 35.2 Å². The van der Waals surface area contributed by atoms with Crippen molar-refractivity contribution in [3.05, 3.63) is 70.4 Å². The van der Waals surface area contributed by atoms with Gasteiger partial charge in [-0.25, -0.2) is 0 Å². The molecule has 1 amide bonds. The molecule has 2 N–H and O–H groups in total. The Hall–Kier alpha value is -3.68. The second-order valence-corrected chi connectivity index (χ2v) is 7.00. The highest BCUT2D eigenvalue weighted by Crippen LogP contribution is 2.28. The zero-order valence-corrected chi connectivity index (χ0v) is 16.9. The number of methoxy groups -OCH3 is 1. The molecule has 1 aromatic heterocycles. The number of nitrogens with zero attached hydrogens (tertiary/aromatic N) is 2. The second-order valence-electron chi connectivity index (χ2n) is 7.00. The third-order valence-electron chi connectivity index (χ3n) is 4.76. The van der Waals surface area contributed by atoms with E-state index >= 15 is 0 Å². The van der Waals surface area contributed by atoms with Gasteiger partial charge in [0, 0.05) is 47.9 Å². The smallest absolute Gasteiger partial charge is 0.269 e. The van der Waals surface area contributed by atoms with Crippen LogP contribution >= 0.6 is 0 Å². The Morgan fingerprint density at radius 3 is 2.70 bits per heavy atom. The lowest BCUT2D eigenvalue weighted by Crippen LogP contribution is -2.26. The quantitative estimate of drug-likeness (QED) is 0.313. The first kappa shape index (κ1) is 21.0. The molecule has 0 aliphatic rings. The molecule has 8 nitrogen and oxygen atoms in total. The number of carbonyl (C=O) groups is 1. The number of amides is 1. The van der Waals surface area contributed by atoms with Crippen molar-refractivity contribution in [2.75, 3.05) is 19.0 Å². The van der Waals surface area contributed by atoms with Gasteiger partial charge in [0.1, 0.15) is 5.75 Å². The van der Waals surface area contributed by atoms with E-state index in [1.54, 1.807) is 13.3 Å². The van der Waals surface area contributed by atoms with Crippen LogP contribution in [0.4, 0.5) is 11.4 Å². The van der Waals surface area contributed by atoms with Crippen molar-refractivity contribution in [1.82, 2.24) is 10.3 Å². The minimum absolute atomic E-state index is 0.0361. The number of rotatable bonds is 9. The van der Waals surface area contributed by atoms with E-state index in [0.29, 0.717) is 12.1 Å². The molecule has 0 aliphatic carbocycles. The highest BCUT2D eigenvalue weighted by Gasteiger charge is 2.11. The van der Waals surface area contributed by atoms with Gasteiger partial charge in [0.2, 0.25) is 0 Å². The number of ether oxygens (including phenoxy) is 1. The maximum atomic E-state index is 12.2. The molecule has 1 heterocycles. The molecule has 1 atom stereocenters. The Morgan fingerprint density at radius 1 is 1.23 bits per heavy atom. The highest BCUT2D eigenvalue weighted by atomic mass is 16.6. The number of hydrogen-bond acceptors (Lipinski definition) is 6. The van der Waals surface area contributed by atoms with Crippen LogP contribution < -0.4 is 15.4 Å². The van der Waals surface area contributed by atoms with Gasteiger partial charge in [-0.3, -0.25) is 19.9 Å². The zero-order valence-electron chi connectivity index (χ0n) is 16.9. The predicted molar refractivity (Wildman–Crippen MR) is 116 cm³/mol. The van der Waals surface area contributed by atoms with Crippen LogP contribution in [0.3, 0.4) is 0 Å². The van der Waals surface area contributed by atoms with Crippen LogP contribution in [0.25, 0.3) is 10.9 Å². The van der Waals surface area contributed by atoms with Gasteiger partial charge in [0.05, 0.1) is 23.2 Å². The molecule has 3 aromatic rings. The van der Waals surface area contributed by atoms with E-state index < -0.39 is 4.92 Å². The summed E-state index contributed by atoms with van der Waals surface area (Å²) in [6.45, 7) is 2.59. The number of nitro benzene ring substituents is 1. The van der Waals surface area contributed by atoms with Crippen LogP contribution in [-0.4, -0.2) is 35.5 Å². The van der Waals surface area contributed by atoms with Crippen LogP contribution in [-0.2, 0) is 0 Å². The first-order chi connectivity index (χ1) is 14.5. The molecule has 3 rings (SSSR count). The zero-order chi connectivity index (χ0) is 21.5. The first-order valence-electron chi connectivity index (χ1n) is 9.70. The number of fused-ring (bicyclic) bond motifs is 1. The van der Waals surface area contributed by atoms with Crippen molar-refractivity contribution in [2.24, 2.45) is 0 Å². The summed E-state index contributed by atoms with van der Waals surface area (Å²) in [7, 11) is 1.64. The molecule has 0 fully saturated rings. The summed E-state index contributed by atoms with van der Waals surface area (Å²) >= 11 is 0. The number of hydrogen-bond donors (Lipinski definition) is 2. The number of carbonyl (C=O) groups excluding carboxylic acids is 1. The monoisotopic (exact) mass is 408 g/mol. The third-order valence-corrected chi connectivity index (χ3v) is 4.76. The predicted octanol–water partition coefficient (Wildman–Crippen LogP) is 4.16. The van der Waals surface area contributed by atoms with Crippen molar-refractivity contribution >= 4 is 28.2 Å². The molecule has 1 unspecified atom stereocenters. The fourth-order valence-corrected chi connectivity index (χ4v) is 3.18. The summed E-state index contributed by atoms with van der Waals surface area (Å²) in [6.07, 6.45) is 3.38. The van der Waals surface area contributed by atoms with Crippen molar-refractivity contribution in [3.63, 3.8) is 0 Å². The average Bonchev–Trinajstić information content (AvgIpc) is 2.76. The lowest BCUT2D eigenvalue weighted by Gasteiger charge is -2.17. The molecule has 0 saturated heterocycles. The number of aromatic nitrogens is 1. The van der Waals surface area contributed by atoms with E-state index in [2.05, 4.69) is 22.5 Å². The molecule has 0 saturated carbocycles. The molecule has 0 aliphatic heterocycles. The second kappa shape index (κ2) is 9.69. The molecule has 156 valence electrons. The summed E-state index contributed by atoms with van der Waals surface area (Å²) < 4.78 is 5.38. The third kappa shape index (κ3) is 5.22. The highest BCUT2D eigenvalue weighted by molar-refractivity contribution is 5.94. The van der Waals surface area contributed by atoms with Gasteiger partial charge in [0.15, 0.2) is 0 Å². The standard InChI is InChI=1S/C22H24N4O4/c1-15(25-20-14-19(30-2)13-17-6-4-11-23-21(17)20)5-3-12-24-22(27)16-7-9-18(10-8-16)26(28)29/h4,6-11,13-15,25H,3,5,12H2,1-2H3,(H,24,27). The average molecular weight is 408 g/mol. The van der Waals surface area contributed by atoms with Crippen LogP contribution in [0.15, 0.2) is 54.7 Å². The van der Waals surface area contributed by atoms with E-state index in [9.17, 15) is 14.9 Å². The van der Waals surface area contributed by atoms with Crippen molar-refractivity contribution < 1.29 is 14.5 Å². The summed E-state index contributed by atoms with van der Waals surface area (Å²) in [6, 6.07) is 13.5. The Bertz CT molecular complexity index is 1040. The van der Waals surface area contributed by atoms with Gasteiger partial charge in [-0.1, -0.05) is 6.07 Å². The molecular weight excluding hydrogens is 384 g/mol. The number of nitrogens with one attached hydrogen (secondary N) is 2. The lowest BCUT2D eigenvalue weighted by atomic mass is 10.1. The number of pyridine rings is 1. The Morgan fingerprint density at radius 2 is 2.00 bits per heavy atom.